The molecule has 19 heavy (non-hydrogen) atoms. The second-order valence-corrected chi connectivity index (χ2v) is 5.48. The van der Waals surface area contributed by atoms with Gasteiger partial charge in [0.1, 0.15) is 5.03 Å². The van der Waals surface area contributed by atoms with Gasteiger partial charge >= 0.3 is 5.97 Å². The average molecular weight is 280 g/mol. The largest absolute Gasteiger partial charge is 0.481 e. The molecule has 0 aromatic carbocycles. The number of nitrogens with zero attached hydrogens (tertiary/aromatic N) is 1. The molecular weight excluding hydrogens is 264 g/mol. The fraction of sp³-hybridized carbons (Fsp3) is 0.462. The molecule has 1 aromatic rings. The summed E-state index contributed by atoms with van der Waals surface area (Å²) in [6.45, 7) is 0.184. The number of aromatic nitrogens is 1. The summed E-state index contributed by atoms with van der Waals surface area (Å²) in [6, 6.07) is 3.40. The molecule has 6 heteroatoms. The molecule has 0 spiro atoms. The number of carbonyl (C=O) groups is 2. The van der Waals surface area contributed by atoms with Crippen molar-refractivity contribution in [2.75, 3.05) is 12.8 Å². The summed E-state index contributed by atoms with van der Waals surface area (Å²) in [5.41, 5.74) is -0.271. The molecule has 0 atom stereocenters. The number of thioether (sulfide) groups is 1. The van der Waals surface area contributed by atoms with Crippen molar-refractivity contribution < 1.29 is 14.7 Å². The van der Waals surface area contributed by atoms with Gasteiger partial charge in [0.25, 0.3) is 5.91 Å². The van der Waals surface area contributed by atoms with E-state index in [0.29, 0.717) is 23.4 Å². The maximum atomic E-state index is 12.1. The maximum Gasteiger partial charge on any atom is 0.311 e. The van der Waals surface area contributed by atoms with Crippen molar-refractivity contribution in [1.82, 2.24) is 10.3 Å². The van der Waals surface area contributed by atoms with Crippen LogP contribution in [-0.2, 0) is 4.79 Å². The minimum Gasteiger partial charge on any atom is -0.481 e. The normalized spacial score (nSPS) is 16.5. The molecule has 1 aliphatic carbocycles. The van der Waals surface area contributed by atoms with Crippen molar-refractivity contribution in [2.45, 2.75) is 24.3 Å². The Balaban J connectivity index is 2.03. The van der Waals surface area contributed by atoms with Crippen LogP contribution in [0.5, 0.6) is 0 Å². The van der Waals surface area contributed by atoms with E-state index in [1.807, 2.05) is 6.26 Å². The van der Waals surface area contributed by atoms with E-state index in [2.05, 4.69) is 10.3 Å². The third-order valence-electron chi connectivity index (χ3n) is 3.56. The van der Waals surface area contributed by atoms with Gasteiger partial charge in [-0.2, -0.15) is 0 Å². The van der Waals surface area contributed by atoms with Gasteiger partial charge in [0.15, 0.2) is 0 Å². The van der Waals surface area contributed by atoms with Crippen LogP contribution in [0.15, 0.2) is 23.4 Å². The molecule has 2 rings (SSSR count). The molecule has 1 amide bonds. The Morgan fingerprint density at radius 2 is 2.26 bits per heavy atom. The topological polar surface area (TPSA) is 79.3 Å². The number of nitrogens with one attached hydrogen (secondary N) is 1. The molecule has 5 nitrogen and oxygen atoms in total. The van der Waals surface area contributed by atoms with Gasteiger partial charge in [0, 0.05) is 12.7 Å². The Hall–Kier alpha value is -1.56. The Morgan fingerprint density at radius 3 is 2.79 bits per heavy atom. The molecule has 1 heterocycles. The van der Waals surface area contributed by atoms with E-state index in [1.54, 1.807) is 18.3 Å². The summed E-state index contributed by atoms with van der Waals surface area (Å²) in [4.78, 5) is 27.4. The lowest BCUT2D eigenvalue weighted by molar-refractivity contribution is -0.153. The maximum absolute atomic E-state index is 12.1. The predicted octanol–water partition coefficient (Wildman–Crippen LogP) is 1.79. The van der Waals surface area contributed by atoms with Crippen molar-refractivity contribution in [3.05, 3.63) is 23.9 Å². The highest BCUT2D eigenvalue weighted by Crippen LogP contribution is 2.40. The monoisotopic (exact) mass is 280 g/mol. The zero-order valence-corrected chi connectivity index (χ0v) is 11.5. The second-order valence-electron chi connectivity index (χ2n) is 4.68. The minimum atomic E-state index is -0.824. The fourth-order valence-electron chi connectivity index (χ4n) is 2.14. The molecule has 0 bridgehead atoms. The van der Waals surface area contributed by atoms with Crippen molar-refractivity contribution in [3.8, 4) is 0 Å². The average Bonchev–Trinajstić information content (AvgIpc) is 2.36. The summed E-state index contributed by atoms with van der Waals surface area (Å²) in [5.74, 6) is -1.08. The molecule has 0 unspecified atom stereocenters. The number of pyridine rings is 1. The van der Waals surface area contributed by atoms with Gasteiger partial charge in [0.2, 0.25) is 0 Å². The van der Waals surface area contributed by atoms with Crippen molar-refractivity contribution >= 4 is 23.6 Å². The first-order valence-corrected chi connectivity index (χ1v) is 7.32. The molecule has 102 valence electrons. The quantitative estimate of drug-likeness (QED) is 0.804. The van der Waals surface area contributed by atoms with Crippen molar-refractivity contribution in [1.29, 1.82) is 0 Å². The first-order chi connectivity index (χ1) is 9.09. The summed E-state index contributed by atoms with van der Waals surface area (Å²) in [5, 5.41) is 12.6. The van der Waals surface area contributed by atoms with E-state index in [4.69, 9.17) is 0 Å². The van der Waals surface area contributed by atoms with Crippen LogP contribution in [0.3, 0.4) is 0 Å². The number of amides is 1. The van der Waals surface area contributed by atoms with Crippen LogP contribution in [0.1, 0.15) is 29.6 Å². The number of aliphatic carboxylic acids is 1. The van der Waals surface area contributed by atoms with Crippen LogP contribution in [-0.4, -0.2) is 34.8 Å². The van der Waals surface area contributed by atoms with Gasteiger partial charge in [0.05, 0.1) is 11.0 Å². The van der Waals surface area contributed by atoms with Gasteiger partial charge in [-0.1, -0.05) is 6.42 Å². The number of carboxylic acids is 1. The summed E-state index contributed by atoms with van der Waals surface area (Å²) >= 11 is 1.39. The van der Waals surface area contributed by atoms with E-state index in [9.17, 15) is 14.7 Å². The Bertz CT molecular complexity index is 500. The number of carbonyl (C=O) groups excluding carboxylic acids is 1. The highest BCUT2D eigenvalue weighted by atomic mass is 32.2. The molecule has 1 aromatic heterocycles. The molecule has 1 saturated carbocycles. The third-order valence-corrected chi connectivity index (χ3v) is 4.27. The lowest BCUT2D eigenvalue weighted by atomic mass is 9.69. The summed E-state index contributed by atoms with van der Waals surface area (Å²) < 4.78 is 0. The molecule has 0 radical (unpaired) electrons. The minimum absolute atomic E-state index is 0.184. The standard InChI is InChI=1S/C13H16N2O3S/c1-19-11-9(4-2-7-14-11)10(16)15-8-13(12(17)18)5-3-6-13/h2,4,7H,3,5-6,8H2,1H3,(H,15,16)(H,17,18). The van der Waals surface area contributed by atoms with Gasteiger partial charge in [-0.05, 0) is 31.2 Å². The second kappa shape index (κ2) is 5.61. The Labute approximate surface area is 115 Å². The highest BCUT2D eigenvalue weighted by Gasteiger charge is 2.44. The van der Waals surface area contributed by atoms with E-state index in [1.165, 1.54) is 11.8 Å². The first kappa shape index (κ1) is 13.9. The SMILES string of the molecule is CSc1ncccc1C(=O)NCC1(C(=O)O)CCC1. The van der Waals surface area contributed by atoms with Crippen LogP contribution in [0.4, 0.5) is 0 Å². The number of carboxylic acid groups (broad SMARTS) is 1. The third kappa shape index (κ3) is 2.73. The molecule has 2 N–H and O–H groups in total. The summed E-state index contributed by atoms with van der Waals surface area (Å²) in [6.07, 6.45) is 5.65. The van der Waals surface area contributed by atoms with E-state index >= 15 is 0 Å². The van der Waals surface area contributed by atoms with Gasteiger partial charge in [-0.3, -0.25) is 9.59 Å². The van der Waals surface area contributed by atoms with Gasteiger partial charge < -0.3 is 10.4 Å². The lowest BCUT2D eigenvalue weighted by Crippen LogP contribution is -2.47. The fourth-order valence-corrected chi connectivity index (χ4v) is 2.69. The van der Waals surface area contributed by atoms with Crippen LogP contribution >= 0.6 is 11.8 Å². The highest BCUT2D eigenvalue weighted by molar-refractivity contribution is 7.98. The van der Waals surface area contributed by atoms with E-state index in [0.717, 1.165) is 6.42 Å². The van der Waals surface area contributed by atoms with Crippen LogP contribution in [0, 0.1) is 5.41 Å². The van der Waals surface area contributed by atoms with Crippen LogP contribution in [0.2, 0.25) is 0 Å². The van der Waals surface area contributed by atoms with Gasteiger partial charge in [-0.25, -0.2) is 4.98 Å². The van der Waals surface area contributed by atoms with Crippen molar-refractivity contribution in [3.63, 3.8) is 0 Å². The molecule has 0 aliphatic heterocycles. The van der Waals surface area contributed by atoms with E-state index in [-0.39, 0.29) is 12.5 Å². The summed E-state index contributed by atoms with van der Waals surface area (Å²) in [7, 11) is 0. The van der Waals surface area contributed by atoms with Crippen molar-refractivity contribution in [2.24, 2.45) is 5.41 Å². The number of hydrogen-bond donors (Lipinski definition) is 2. The smallest absolute Gasteiger partial charge is 0.311 e. The lowest BCUT2D eigenvalue weighted by Gasteiger charge is -2.37. The van der Waals surface area contributed by atoms with E-state index < -0.39 is 11.4 Å². The number of rotatable bonds is 5. The molecule has 1 fully saturated rings. The Kier molecular flexibility index (Phi) is 4.09. The van der Waals surface area contributed by atoms with Gasteiger partial charge in [-0.15, -0.1) is 11.8 Å². The predicted molar refractivity (Wildman–Crippen MR) is 72.3 cm³/mol. The molecule has 0 saturated heterocycles. The first-order valence-electron chi connectivity index (χ1n) is 6.10. The van der Waals surface area contributed by atoms with Crippen LogP contribution < -0.4 is 5.32 Å². The molecular formula is C13H16N2O3S. The zero-order chi connectivity index (χ0) is 13.9. The Morgan fingerprint density at radius 1 is 1.53 bits per heavy atom. The molecule has 1 aliphatic rings. The number of hydrogen-bond acceptors (Lipinski definition) is 4. The zero-order valence-electron chi connectivity index (χ0n) is 10.7. The van der Waals surface area contributed by atoms with Crippen LogP contribution in [0.25, 0.3) is 0 Å².